The number of nitrogens with two attached hydrogens (primary N) is 2. The van der Waals surface area contributed by atoms with E-state index < -0.39 is 21.6 Å². The van der Waals surface area contributed by atoms with Gasteiger partial charge in [0.15, 0.2) is 11.6 Å². The lowest BCUT2D eigenvalue weighted by Gasteiger charge is -2.09. The third-order valence-electron chi connectivity index (χ3n) is 9.03. The summed E-state index contributed by atoms with van der Waals surface area (Å²) < 4.78 is 52.8. The molecule has 58 heavy (non-hydrogen) atoms. The summed E-state index contributed by atoms with van der Waals surface area (Å²) in [5.74, 6) is 1.11. The third-order valence-corrected chi connectivity index (χ3v) is 14.9. The van der Waals surface area contributed by atoms with E-state index in [4.69, 9.17) is 40.9 Å². The molecule has 2 atom stereocenters. The summed E-state index contributed by atoms with van der Waals surface area (Å²) in [6.07, 6.45) is 5.66. The van der Waals surface area contributed by atoms with Gasteiger partial charge in [0.05, 0.1) is 79.8 Å². The number of aromatic nitrogens is 6. The number of rotatable bonds is 15. The van der Waals surface area contributed by atoms with Gasteiger partial charge in [-0.2, -0.15) is 0 Å². The number of hydrogen-bond acceptors (Lipinski definition) is 14. The average molecular weight is 851 g/mol. The highest BCUT2D eigenvalue weighted by molar-refractivity contribution is 7.88. The Morgan fingerprint density at radius 3 is 1.84 bits per heavy atom. The SMILES string of the molecule is COCCCS(=O)c1sc2nc(-c3ccc(COCCS(=O)c4sc5nc(-c6cccnc6)nc(-c6ccccc6)c5c4N)nc3)nc(-c3ccc(F)cc3)c2c1N. The van der Waals surface area contributed by atoms with Gasteiger partial charge in [0.25, 0.3) is 0 Å². The minimum Gasteiger partial charge on any atom is -0.396 e. The van der Waals surface area contributed by atoms with Crippen LogP contribution in [0.1, 0.15) is 12.1 Å². The lowest BCUT2D eigenvalue weighted by Crippen LogP contribution is -2.07. The molecule has 294 valence electrons. The second-order valence-corrected chi connectivity index (χ2v) is 18.4. The van der Waals surface area contributed by atoms with Crippen LogP contribution < -0.4 is 11.5 Å². The molecule has 6 aromatic heterocycles. The van der Waals surface area contributed by atoms with Crippen molar-refractivity contribution in [3.63, 3.8) is 0 Å². The van der Waals surface area contributed by atoms with Gasteiger partial charge in [-0.3, -0.25) is 18.4 Å². The number of halogens is 1. The number of benzene rings is 2. The van der Waals surface area contributed by atoms with E-state index in [2.05, 4.69) is 9.97 Å². The molecule has 0 radical (unpaired) electrons. The summed E-state index contributed by atoms with van der Waals surface area (Å²) in [6, 6.07) is 23.1. The fourth-order valence-corrected chi connectivity index (χ4v) is 11.3. The van der Waals surface area contributed by atoms with Crippen LogP contribution in [0, 0.1) is 5.82 Å². The zero-order valence-corrected chi connectivity index (χ0v) is 34.2. The minimum atomic E-state index is -1.47. The quantitative estimate of drug-likeness (QED) is 0.0953. The molecule has 0 saturated heterocycles. The van der Waals surface area contributed by atoms with Crippen molar-refractivity contribution in [3.8, 4) is 45.3 Å². The Morgan fingerprint density at radius 2 is 1.26 bits per heavy atom. The molecule has 0 spiro atoms. The summed E-state index contributed by atoms with van der Waals surface area (Å²) in [5, 5.41) is 1.24. The van der Waals surface area contributed by atoms with Gasteiger partial charge in [-0.1, -0.05) is 30.3 Å². The highest BCUT2D eigenvalue weighted by Gasteiger charge is 2.24. The van der Waals surface area contributed by atoms with Crippen molar-refractivity contribution in [3.05, 3.63) is 109 Å². The number of thiophene rings is 2. The number of ether oxygens (including phenoxy) is 2. The first kappa shape index (κ1) is 39.4. The van der Waals surface area contributed by atoms with Gasteiger partial charge in [0.2, 0.25) is 0 Å². The number of anilines is 2. The zero-order chi connectivity index (χ0) is 40.2. The van der Waals surface area contributed by atoms with Crippen molar-refractivity contribution in [2.75, 3.05) is 43.3 Å². The van der Waals surface area contributed by atoms with Crippen molar-refractivity contribution in [2.45, 2.75) is 21.4 Å². The average Bonchev–Trinajstić information content (AvgIpc) is 3.78. The fourth-order valence-electron chi connectivity index (χ4n) is 6.19. The maximum absolute atomic E-state index is 13.9. The lowest BCUT2D eigenvalue weighted by atomic mass is 10.1. The minimum absolute atomic E-state index is 0.178. The van der Waals surface area contributed by atoms with Gasteiger partial charge < -0.3 is 20.9 Å². The number of pyridine rings is 2. The number of nitrogen functional groups attached to an aromatic ring is 2. The third kappa shape index (κ3) is 8.27. The molecule has 0 aliphatic heterocycles. The molecule has 4 N–H and O–H groups in total. The topological polar surface area (TPSA) is 182 Å². The van der Waals surface area contributed by atoms with E-state index in [1.54, 1.807) is 37.8 Å². The Bertz CT molecular complexity index is 2770. The molecule has 0 aliphatic rings. The van der Waals surface area contributed by atoms with Crippen LogP contribution >= 0.6 is 22.7 Å². The van der Waals surface area contributed by atoms with E-state index in [1.807, 2.05) is 54.6 Å². The lowest BCUT2D eigenvalue weighted by molar-refractivity contribution is 0.133. The molecule has 0 amide bonds. The Hall–Kier alpha value is -5.43. The van der Waals surface area contributed by atoms with E-state index in [-0.39, 0.29) is 24.8 Å². The summed E-state index contributed by atoms with van der Waals surface area (Å²) in [7, 11) is -1.23. The van der Waals surface area contributed by atoms with Crippen LogP contribution in [-0.4, -0.2) is 70.2 Å². The van der Waals surface area contributed by atoms with Crippen molar-refractivity contribution in [2.24, 2.45) is 0 Å². The van der Waals surface area contributed by atoms with Gasteiger partial charge in [-0.15, -0.1) is 22.7 Å². The molecule has 6 heterocycles. The first-order valence-corrected chi connectivity index (χ1v) is 22.3. The zero-order valence-electron chi connectivity index (χ0n) is 31.0. The Balaban J connectivity index is 0.981. The molecule has 2 aromatic carbocycles. The largest absolute Gasteiger partial charge is 0.396 e. The Morgan fingerprint density at radius 1 is 0.672 bits per heavy atom. The van der Waals surface area contributed by atoms with Gasteiger partial charge in [-0.25, -0.2) is 24.3 Å². The van der Waals surface area contributed by atoms with E-state index in [0.29, 0.717) is 98.9 Å². The molecule has 12 nitrogen and oxygen atoms in total. The maximum Gasteiger partial charge on any atom is 0.162 e. The first-order chi connectivity index (χ1) is 28.3. The smallest absolute Gasteiger partial charge is 0.162 e. The molecule has 0 saturated carbocycles. The van der Waals surface area contributed by atoms with Crippen LogP contribution in [0.5, 0.6) is 0 Å². The predicted molar refractivity (Wildman–Crippen MR) is 230 cm³/mol. The van der Waals surface area contributed by atoms with E-state index in [1.165, 1.54) is 34.8 Å². The fraction of sp³-hybridized carbons (Fsp3) is 0.171. The van der Waals surface area contributed by atoms with Crippen molar-refractivity contribution in [1.29, 1.82) is 0 Å². The second-order valence-electron chi connectivity index (χ2n) is 12.9. The molecule has 2 unspecified atom stereocenters. The van der Waals surface area contributed by atoms with Crippen molar-refractivity contribution in [1.82, 2.24) is 29.9 Å². The van der Waals surface area contributed by atoms with Gasteiger partial charge >= 0.3 is 0 Å². The van der Waals surface area contributed by atoms with E-state index in [9.17, 15) is 12.8 Å². The number of methoxy groups -OCH3 is 1. The van der Waals surface area contributed by atoms with E-state index in [0.717, 1.165) is 11.1 Å². The standard InChI is InChI=1S/C41H35FN8O4S4/c1-53-17-6-19-57(51)40-32(43)31-35(25-10-13-28(42)14-11-25)48-37(50-39(31)55-40)27-12-15-29(46-22-27)23-54-18-20-58(52)41-33(44)30-34(24-7-3-2-4-8-24)47-36(49-38(30)56-41)26-9-5-16-45-21-26/h2-5,7-16,21-22H,6,17-20,23,43-44H2,1H3. The Labute approximate surface area is 345 Å². The van der Waals surface area contributed by atoms with Crippen LogP contribution in [-0.2, 0) is 37.7 Å². The summed E-state index contributed by atoms with van der Waals surface area (Å²) >= 11 is 2.55. The summed E-state index contributed by atoms with van der Waals surface area (Å²) in [6.45, 7) is 0.855. The molecule has 0 fully saturated rings. The maximum atomic E-state index is 13.9. The molecular formula is C41H35FN8O4S4. The predicted octanol–water partition coefficient (Wildman–Crippen LogP) is 7.93. The van der Waals surface area contributed by atoms with Crippen molar-refractivity contribution < 1.29 is 22.3 Å². The molecule has 8 rings (SSSR count). The molecule has 0 bridgehead atoms. The van der Waals surface area contributed by atoms with Crippen LogP contribution in [0.3, 0.4) is 0 Å². The van der Waals surface area contributed by atoms with Gasteiger partial charge in [-0.05, 0) is 55.0 Å². The van der Waals surface area contributed by atoms with Crippen LogP contribution in [0.25, 0.3) is 65.7 Å². The van der Waals surface area contributed by atoms with Crippen molar-refractivity contribution >= 4 is 76.1 Å². The normalized spacial score (nSPS) is 12.7. The van der Waals surface area contributed by atoms with Crippen LogP contribution in [0.2, 0.25) is 0 Å². The first-order valence-electron chi connectivity index (χ1n) is 18.0. The molecule has 17 heteroatoms. The van der Waals surface area contributed by atoms with E-state index >= 15 is 0 Å². The summed E-state index contributed by atoms with van der Waals surface area (Å²) in [5.41, 5.74) is 18.7. The molecular weight excluding hydrogens is 816 g/mol. The highest BCUT2D eigenvalue weighted by Crippen LogP contribution is 2.43. The monoisotopic (exact) mass is 850 g/mol. The van der Waals surface area contributed by atoms with Crippen LogP contribution in [0.4, 0.5) is 15.8 Å². The molecule has 0 aliphatic carbocycles. The number of fused-ring (bicyclic) bond motifs is 2. The summed E-state index contributed by atoms with van der Waals surface area (Å²) in [4.78, 5) is 29.3. The number of nitrogens with zero attached hydrogens (tertiary/aromatic N) is 6. The highest BCUT2D eigenvalue weighted by atomic mass is 32.2. The number of hydrogen-bond donors (Lipinski definition) is 2. The van der Waals surface area contributed by atoms with Gasteiger partial charge in [0, 0.05) is 60.3 Å². The molecule has 8 aromatic rings. The Kier molecular flexibility index (Phi) is 12.0. The van der Waals surface area contributed by atoms with Crippen LogP contribution in [0.15, 0.2) is 106 Å². The second kappa shape index (κ2) is 17.6. The van der Waals surface area contributed by atoms with Gasteiger partial charge in [0.1, 0.15) is 23.9 Å².